The molecule has 0 bridgehead atoms. The van der Waals surface area contributed by atoms with Crippen LogP contribution in [0.15, 0.2) is 0 Å². The van der Waals surface area contributed by atoms with Gasteiger partial charge in [-0.3, -0.25) is 0 Å². The van der Waals surface area contributed by atoms with E-state index in [9.17, 15) is 9.59 Å². The van der Waals surface area contributed by atoms with Crippen molar-refractivity contribution in [3.63, 3.8) is 0 Å². The molecule has 1 amide bonds. The van der Waals surface area contributed by atoms with Gasteiger partial charge in [0, 0.05) is 7.05 Å². The quantitative estimate of drug-likeness (QED) is 0.740. The van der Waals surface area contributed by atoms with E-state index in [1.165, 1.54) is 4.90 Å². The smallest absolute Gasteiger partial charge is 0.410 e. The third-order valence-corrected chi connectivity index (χ3v) is 4.74. The summed E-state index contributed by atoms with van der Waals surface area (Å²) >= 11 is 0. The molecule has 4 heteroatoms. The summed E-state index contributed by atoms with van der Waals surface area (Å²) in [5.74, 6) is 0.162. The lowest BCUT2D eigenvalue weighted by Crippen LogP contribution is -2.43. The Hall–Kier alpha value is -1.06. The third-order valence-electron chi connectivity index (χ3n) is 4.74. The van der Waals surface area contributed by atoms with Gasteiger partial charge in [0.25, 0.3) is 0 Å². The molecule has 19 heavy (non-hydrogen) atoms. The van der Waals surface area contributed by atoms with Gasteiger partial charge in [0.2, 0.25) is 0 Å². The Morgan fingerprint density at radius 2 is 1.63 bits per heavy atom. The molecule has 0 spiro atoms. The fourth-order valence-electron chi connectivity index (χ4n) is 2.95. The van der Waals surface area contributed by atoms with Crippen LogP contribution in [0, 0.1) is 16.7 Å². The lowest BCUT2D eigenvalue weighted by Gasteiger charge is -2.29. The van der Waals surface area contributed by atoms with Crippen LogP contribution in [0.1, 0.15) is 48.5 Å². The first-order valence-electron chi connectivity index (χ1n) is 6.77. The topological polar surface area (TPSA) is 46.6 Å². The van der Waals surface area contributed by atoms with E-state index in [-0.39, 0.29) is 16.7 Å². The van der Waals surface area contributed by atoms with Gasteiger partial charge in [-0.1, -0.05) is 27.7 Å². The number of nitrogens with zero attached hydrogens (tertiary/aromatic N) is 1. The summed E-state index contributed by atoms with van der Waals surface area (Å²) < 4.78 is 5.32. The maximum atomic E-state index is 12.1. The van der Waals surface area contributed by atoms with E-state index in [0.717, 1.165) is 6.29 Å². The minimum atomic E-state index is -0.548. The standard InChI is InChI=1S/C15H27NO3/c1-13(2,3)19-12(18)16(8)10(9-17)11-14(4,5)15(11,6)7/h9-11H,1-8H3. The molecular formula is C15H27NO3. The van der Waals surface area contributed by atoms with Crippen LogP contribution in [0.25, 0.3) is 0 Å². The average Bonchev–Trinajstić information content (AvgIpc) is 2.59. The van der Waals surface area contributed by atoms with Crippen molar-refractivity contribution in [2.45, 2.75) is 60.1 Å². The first-order valence-corrected chi connectivity index (χ1v) is 6.77. The highest BCUT2D eigenvalue weighted by atomic mass is 16.6. The third kappa shape index (κ3) is 2.77. The number of carbonyl (C=O) groups excluding carboxylic acids is 2. The number of ether oxygens (including phenoxy) is 1. The first kappa shape index (κ1) is 16.0. The summed E-state index contributed by atoms with van der Waals surface area (Å²) in [6.07, 6.45) is 0.425. The zero-order valence-electron chi connectivity index (χ0n) is 13.4. The number of hydrogen-bond donors (Lipinski definition) is 0. The van der Waals surface area contributed by atoms with Crippen molar-refractivity contribution in [3.8, 4) is 0 Å². The fraction of sp³-hybridized carbons (Fsp3) is 0.867. The molecule has 1 saturated carbocycles. The molecule has 1 rings (SSSR count). The van der Waals surface area contributed by atoms with Crippen LogP contribution in [0.3, 0.4) is 0 Å². The molecule has 0 aliphatic heterocycles. The fourth-order valence-corrected chi connectivity index (χ4v) is 2.95. The highest BCUT2D eigenvalue weighted by Gasteiger charge is 2.68. The summed E-state index contributed by atoms with van der Waals surface area (Å²) in [6.45, 7) is 14.0. The molecular weight excluding hydrogens is 242 g/mol. The van der Waals surface area contributed by atoms with Gasteiger partial charge in [-0.2, -0.15) is 0 Å². The molecule has 0 aromatic carbocycles. The van der Waals surface area contributed by atoms with Gasteiger partial charge in [0.15, 0.2) is 0 Å². The molecule has 1 aliphatic rings. The van der Waals surface area contributed by atoms with Crippen molar-refractivity contribution in [1.82, 2.24) is 4.90 Å². The minimum absolute atomic E-state index is 0.0504. The SMILES string of the molecule is CN(C(=O)OC(C)(C)C)C(C=O)C1C(C)(C)C1(C)C. The maximum absolute atomic E-state index is 12.1. The average molecular weight is 269 g/mol. The van der Waals surface area contributed by atoms with Crippen LogP contribution in [-0.2, 0) is 9.53 Å². The Balaban J connectivity index is 2.83. The summed E-state index contributed by atoms with van der Waals surface area (Å²) in [5, 5.41) is 0. The highest BCUT2D eigenvalue weighted by Crippen LogP contribution is 2.69. The van der Waals surface area contributed by atoms with Crippen LogP contribution in [-0.4, -0.2) is 36.0 Å². The predicted molar refractivity (Wildman–Crippen MR) is 74.9 cm³/mol. The predicted octanol–water partition coefficient (Wildman–Crippen LogP) is 3.10. The van der Waals surface area contributed by atoms with Crippen molar-refractivity contribution >= 4 is 12.4 Å². The highest BCUT2D eigenvalue weighted by molar-refractivity contribution is 5.74. The number of carbonyl (C=O) groups is 2. The van der Waals surface area contributed by atoms with Gasteiger partial charge in [-0.25, -0.2) is 4.79 Å². The first-order chi connectivity index (χ1) is 8.36. The molecule has 0 radical (unpaired) electrons. The van der Waals surface area contributed by atoms with E-state index in [4.69, 9.17) is 4.74 Å². The van der Waals surface area contributed by atoms with Crippen molar-refractivity contribution in [3.05, 3.63) is 0 Å². The zero-order chi connectivity index (χ0) is 15.2. The molecule has 1 atom stereocenters. The molecule has 1 unspecified atom stereocenters. The van der Waals surface area contributed by atoms with Gasteiger partial charge in [0.1, 0.15) is 11.9 Å². The van der Waals surface area contributed by atoms with Crippen LogP contribution in [0.2, 0.25) is 0 Å². The monoisotopic (exact) mass is 269 g/mol. The Bertz CT molecular complexity index is 365. The Morgan fingerprint density at radius 3 is 1.89 bits per heavy atom. The van der Waals surface area contributed by atoms with E-state index < -0.39 is 17.7 Å². The number of rotatable bonds is 3. The molecule has 0 aromatic rings. The van der Waals surface area contributed by atoms with Crippen molar-refractivity contribution in [1.29, 1.82) is 0 Å². The second-order valence-corrected chi connectivity index (χ2v) is 7.64. The van der Waals surface area contributed by atoms with E-state index >= 15 is 0 Å². The maximum Gasteiger partial charge on any atom is 0.410 e. The minimum Gasteiger partial charge on any atom is -0.444 e. The molecule has 0 N–H and O–H groups in total. The molecule has 1 fully saturated rings. The number of hydrogen-bond acceptors (Lipinski definition) is 3. The van der Waals surface area contributed by atoms with Gasteiger partial charge in [-0.05, 0) is 37.5 Å². The van der Waals surface area contributed by atoms with Crippen LogP contribution in [0.5, 0.6) is 0 Å². The van der Waals surface area contributed by atoms with Gasteiger partial charge < -0.3 is 14.4 Å². The Labute approximate surface area is 116 Å². The van der Waals surface area contributed by atoms with E-state index in [0.29, 0.717) is 0 Å². The van der Waals surface area contributed by atoms with E-state index in [1.54, 1.807) is 7.05 Å². The second kappa shape index (κ2) is 4.50. The number of amides is 1. The van der Waals surface area contributed by atoms with Crippen molar-refractivity contribution in [2.24, 2.45) is 16.7 Å². The lowest BCUT2D eigenvalue weighted by atomic mass is 10.0. The number of likely N-dealkylation sites (N-methyl/N-ethyl adjacent to an activating group) is 1. The largest absolute Gasteiger partial charge is 0.444 e. The Kier molecular flexibility index (Phi) is 3.79. The van der Waals surface area contributed by atoms with Crippen LogP contribution in [0.4, 0.5) is 4.79 Å². The van der Waals surface area contributed by atoms with E-state index in [1.807, 2.05) is 20.8 Å². The van der Waals surface area contributed by atoms with Crippen molar-refractivity contribution < 1.29 is 14.3 Å². The summed E-state index contributed by atoms with van der Waals surface area (Å²) in [4.78, 5) is 24.9. The molecule has 0 aromatic heterocycles. The summed E-state index contributed by atoms with van der Waals surface area (Å²) in [7, 11) is 1.64. The van der Waals surface area contributed by atoms with Crippen LogP contribution < -0.4 is 0 Å². The van der Waals surface area contributed by atoms with Gasteiger partial charge >= 0.3 is 6.09 Å². The number of aldehydes is 1. The van der Waals surface area contributed by atoms with Gasteiger partial charge in [-0.15, -0.1) is 0 Å². The molecule has 0 saturated heterocycles. The molecule has 0 heterocycles. The van der Waals surface area contributed by atoms with Crippen LogP contribution >= 0.6 is 0 Å². The molecule has 4 nitrogen and oxygen atoms in total. The summed E-state index contributed by atoms with van der Waals surface area (Å²) in [6, 6.07) is -0.431. The Morgan fingerprint density at radius 1 is 1.21 bits per heavy atom. The molecule has 1 aliphatic carbocycles. The van der Waals surface area contributed by atoms with E-state index in [2.05, 4.69) is 27.7 Å². The normalized spacial score (nSPS) is 22.5. The van der Waals surface area contributed by atoms with Crippen molar-refractivity contribution in [2.75, 3.05) is 7.05 Å². The lowest BCUT2D eigenvalue weighted by molar-refractivity contribution is -0.113. The summed E-state index contributed by atoms with van der Waals surface area (Å²) in [5.41, 5.74) is -0.447. The molecule has 110 valence electrons. The second-order valence-electron chi connectivity index (χ2n) is 7.64. The van der Waals surface area contributed by atoms with Gasteiger partial charge in [0.05, 0.1) is 6.04 Å². The zero-order valence-corrected chi connectivity index (χ0v) is 13.4.